The quantitative estimate of drug-likeness (QED) is 0.635. The lowest BCUT2D eigenvalue weighted by Crippen LogP contribution is -2.11. The summed E-state index contributed by atoms with van der Waals surface area (Å²) in [6.07, 6.45) is 1.70. The van der Waals surface area contributed by atoms with Crippen molar-refractivity contribution in [2.24, 2.45) is 5.73 Å². The molecule has 1 aromatic carbocycles. The Labute approximate surface area is 120 Å². The van der Waals surface area contributed by atoms with Gasteiger partial charge in [0.15, 0.2) is 11.6 Å². The maximum absolute atomic E-state index is 13.4. The normalized spacial score (nSPS) is 10.5. The van der Waals surface area contributed by atoms with E-state index in [1.807, 2.05) is 6.92 Å². The molecule has 0 fully saturated rings. The highest BCUT2D eigenvalue weighted by Gasteiger charge is 2.13. The number of amidine groups is 1. The first-order valence-corrected chi connectivity index (χ1v) is 7.13. The fourth-order valence-electron chi connectivity index (χ4n) is 1.78. The third-order valence-corrected chi connectivity index (χ3v) is 3.77. The van der Waals surface area contributed by atoms with Crippen molar-refractivity contribution >= 4 is 17.2 Å². The van der Waals surface area contributed by atoms with Crippen LogP contribution in [0.2, 0.25) is 0 Å². The van der Waals surface area contributed by atoms with Crippen LogP contribution < -0.4 is 10.5 Å². The summed E-state index contributed by atoms with van der Waals surface area (Å²) in [5, 5.41) is 8.24. The van der Waals surface area contributed by atoms with Gasteiger partial charge in [-0.25, -0.2) is 9.37 Å². The van der Waals surface area contributed by atoms with Crippen molar-refractivity contribution in [3.05, 3.63) is 45.7 Å². The minimum atomic E-state index is -0.398. The summed E-state index contributed by atoms with van der Waals surface area (Å²) in [6.45, 7) is 2.22. The number of hydrogen-bond donors (Lipinski definition) is 2. The molecule has 1 heterocycles. The van der Waals surface area contributed by atoms with E-state index in [2.05, 4.69) is 4.98 Å². The lowest BCUT2D eigenvalue weighted by molar-refractivity contribution is 0.289. The number of ether oxygens (including phenoxy) is 1. The Morgan fingerprint density at radius 2 is 2.20 bits per heavy atom. The van der Waals surface area contributed by atoms with Gasteiger partial charge in [-0.1, -0.05) is 25.5 Å². The van der Waals surface area contributed by atoms with Crippen LogP contribution in [0.25, 0.3) is 0 Å². The number of benzene rings is 1. The highest BCUT2D eigenvalue weighted by atomic mass is 32.1. The molecule has 0 atom stereocenters. The molecule has 0 aliphatic heterocycles. The number of nitrogens with two attached hydrogens (primary N) is 1. The van der Waals surface area contributed by atoms with Crippen LogP contribution in [0.1, 0.15) is 28.9 Å². The zero-order chi connectivity index (χ0) is 14.5. The monoisotopic (exact) mass is 293 g/mol. The van der Waals surface area contributed by atoms with Crippen LogP contribution in [-0.2, 0) is 13.0 Å². The number of hydrogen-bond acceptors (Lipinski definition) is 4. The van der Waals surface area contributed by atoms with E-state index in [0.29, 0.717) is 9.88 Å². The minimum Gasteiger partial charge on any atom is -0.483 e. The van der Waals surface area contributed by atoms with Gasteiger partial charge >= 0.3 is 0 Å². The number of aryl methyl sites for hydroxylation is 1. The molecule has 0 spiro atoms. The summed E-state index contributed by atoms with van der Waals surface area (Å²) in [4.78, 5) is 5.10. The molecule has 6 heteroatoms. The van der Waals surface area contributed by atoms with Gasteiger partial charge in [-0.15, -0.1) is 11.3 Å². The maximum Gasteiger partial charge on any atom is 0.165 e. The van der Waals surface area contributed by atoms with Gasteiger partial charge in [-0.05, 0) is 18.6 Å². The number of nitrogens with zero attached hydrogens (tertiary/aromatic N) is 1. The second-order valence-electron chi connectivity index (χ2n) is 4.27. The Kier molecular flexibility index (Phi) is 4.68. The molecule has 2 rings (SSSR count). The maximum atomic E-state index is 13.4. The number of nitrogens with one attached hydrogen (secondary N) is 1. The Hall–Kier alpha value is -1.95. The van der Waals surface area contributed by atoms with Gasteiger partial charge in [-0.2, -0.15) is 0 Å². The number of para-hydroxylation sites is 1. The Bertz CT molecular complexity index is 612. The van der Waals surface area contributed by atoms with Crippen molar-refractivity contribution in [1.82, 2.24) is 4.98 Å². The molecule has 0 bridgehead atoms. The van der Waals surface area contributed by atoms with Gasteiger partial charge < -0.3 is 10.5 Å². The van der Waals surface area contributed by atoms with Crippen LogP contribution in [0.15, 0.2) is 24.3 Å². The predicted octanol–water partition coefficient (Wildman–Crippen LogP) is 3.10. The van der Waals surface area contributed by atoms with E-state index in [1.165, 1.54) is 17.4 Å². The minimum absolute atomic E-state index is 0.0168. The van der Waals surface area contributed by atoms with Crippen molar-refractivity contribution in [3.8, 4) is 5.75 Å². The van der Waals surface area contributed by atoms with Crippen molar-refractivity contribution in [2.45, 2.75) is 26.4 Å². The van der Waals surface area contributed by atoms with Crippen molar-refractivity contribution in [1.29, 1.82) is 5.41 Å². The molecule has 0 aliphatic rings. The number of aromatic nitrogens is 1. The van der Waals surface area contributed by atoms with E-state index in [-0.39, 0.29) is 18.2 Å². The van der Waals surface area contributed by atoms with Crippen LogP contribution in [0.3, 0.4) is 0 Å². The molecule has 20 heavy (non-hydrogen) atoms. The molecule has 0 aliphatic carbocycles. The van der Waals surface area contributed by atoms with E-state index in [0.717, 1.165) is 18.5 Å². The second-order valence-corrected chi connectivity index (χ2v) is 5.35. The molecule has 0 saturated heterocycles. The second kappa shape index (κ2) is 6.47. The molecule has 4 nitrogen and oxygen atoms in total. The summed E-state index contributed by atoms with van der Waals surface area (Å²) in [5.41, 5.74) is 6.36. The van der Waals surface area contributed by atoms with Crippen molar-refractivity contribution in [3.63, 3.8) is 0 Å². The fraction of sp³-hybridized carbons (Fsp3) is 0.286. The molecule has 1 aromatic heterocycles. The van der Waals surface area contributed by atoms with Crippen molar-refractivity contribution < 1.29 is 9.13 Å². The van der Waals surface area contributed by atoms with Crippen LogP contribution in [-0.4, -0.2) is 10.8 Å². The molecule has 3 N–H and O–H groups in total. The van der Waals surface area contributed by atoms with Crippen LogP contribution >= 0.6 is 11.3 Å². The molecule has 0 radical (unpaired) electrons. The largest absolute Gasteiger partial charge is 0.483 e. The first-order chi connectivity index (χ1) is 9.61. The van der Waals surface area contributed by atoms with E-state index in [9.17, 15) is 4.39 Å². The molecule has 0 amide bonds. The van der Waals surface area contributed by atoms with Gasteiger partial charge in [0.1, 0.15) is 17.5 Å². The van der Waals surface area contributed by atoms with E-state index in [4.69, 9.17) is 15.9 Å². The zero-order valence-electron chi connectivity index (χ0n) is 11.1. The smallest absolute Gasteiger partial charge is 0.165 e. The van der Waals surface area contributed by atoms with E-state index < -0.39 is 5.82 Å². The van der Waals surface area contributed by atoms with E-state index in [1.54, 1.807) is 18.2 Å². The predicted molar refractivity (Wildman–Crippen MR) is 77.9 cm³/mol. The third kappa shape index (κ3) is 3.33. The van der Waals surface area contributed by atoms with Crippen molar-refractivity contribution in [2.75, 3.05) is 0 Å². The summed E-state index contributed by atoms with van der Waals surface area (Å²) in [6, 6.07) is 6.24. The average molecular weight is 293 g/mol. The lowest BCUT2D eigenvalue weighted by Gasteiger charge is -2.04. The summed E-state index contributed by atoms with van der Waals surface area (Å²) in [5.74, 6) is -0.183. The molecule has 2 aromatic rings. The van der Waals surface area contributed by atoms with Gasteiger partial charge in [-0.3, -0.25) is 5.41 Å². The molecule has 106 valence electrons. The lowest BCUT2D eigenvalue weighted by atomic mass is 10.2. The molecular weight excluding hydrogens is 277 g/mol. The Balaban J connectivity index is 2.12. The number of halogens is 1. The van der Waals surface area contributed by atoms with Crippen LogP contribution in [0, 0.1) is 11.2 Å². The third-order valence-electron chi connectivity index (χ3n) is 2.66. The SMILES string of the molecule is CCCc1nc(COc2ccccc2F)sc1C(=N)N. The summed E-state index contributed by atoms with van der Waals surface area (Å²) < 4.78 is 18.8. The Morgan fingerprint density at radius 1 is 1.45 bits per heavy atom. The molecular formula is C14H16FN3OS. The average Bonchev–Trinajstić information content (AvgIpc) is 2.82. The van der Waals surface area contributed by atoms with E-state index >= 15 is 0 Å². The summed E-state index contributed by atoms with van der Waals surface area (Å²) >= 11 is 1.32. The fourth-order valence-corrected chi connectivity index (χ4v) is 2.67. The Morgan fingerprint density at radius 3 is 2.85 bits per heavy atom. The highest BCUT2D eigenvalue weighted by Crippen LogP contribution is 2.22. The topological polar surface area (TPSA) is 72.0 Å². The number of thiazole rings is 1. The first-order valence-electron chi connectivity index (χ1n) is 6.32. The van der Waals surface area contributed by atoms with Gasteiger partial charge in [0.05, 0.1) is 10.6 Å². The highest BCUT2D eigenvalue weighted by molar-refractivity contribution is 7.13. The number of rotatable bonds is 6. The number of nitrogen functional groups attached to an aromatic ring is 1. The van der Waals surface area contributed by atoms with Crippen LogP contribution in [0.4, 0.5) is 4.39 Å². The van der Waals surface area contributed by atoms with Gasteiger partial charge in [0.2, 0.25) is 0 Å². The first kappa shape index (κ1) is 14.5. The standard InChI is InChI=1S/C14H16FN3OS/c1-2-5-10-13(14(16)17)20-12(18-10)8-19-11-7-4-3-6-9(11)15/h3-4,6-7H,2,5,8H2,1H3,(H3,16,17). The van der Waals surface area contributed by atoms with Gasteiger partial charge in [0.25, 0.3) is 0 Å². The molecule has 0 unspecified atom stereocenters. The van der Waals surface area contributed by atoms with Crippen LogP contribution in [0.5, 0.6) is 5.75 Å². The summed E-state index contributed by atoms with van der Waals surface area (Å²) in [7, 11) is 0. The molecule has 0 saturated carbocycles. The van der Waals surface area contributed by atoms with Gasteiger partial charge in [0, 0.05) is 0 Å². The zero-order valence-corrected chi connectivity index (χ0v) is 12.0.